The van der Waals surface area contributed by atoms with E-state index >= 15 is 0 Å². The van der Waals surface area contributed by atoms with Gasteiger partial charge in [-0.3, -0.25) is 4.79 Å². The van der Waals surface area contributed by atoms with Crippen LogP contribution < -0.4 is 5.73 Å². The number of nitrogens with zero attached hydrogens (tertiary/aromatic N) is 1. The Kier molecular flexibility index (Phi) is 4.37. The molecule has 3 nitrogen and oxygen atoms in total. The summed E-state index contributed by atoms with van der Waals surface area (Å²) in [5.41, 5.74) is 7.15. The van der Waals surface area contributed by atoms with Crippen molar-refractivity contribution < 1.29 is 4.79 Å². The van der Waals surface area contributed by atoms with Gasteiger partial charge in [0.2, 0.25) is 5.91 Å². The van der Waals surface area contributed by atoms with Crippen molar-refractivity contribution in [2.75, 3.05) is 7.05 Å². The van der Waals surface area contributed by atoms with Crippen molar-refractivity contribution >= 4 is 5.91 Å². The maximum atomic E-state index is 12.2. The molecule has 0 heterocycles. The molecule has 1 atom stereocenters. The van der Waals surface area contributed by atoms with Crippen LogP contribution in [0.15, 0.2) is 30.3 Å². The summed E-state index contributed by atoms with van der Waals surface area (Å²) in [6.07, 6.45) is 5.34. The summed E-state index contributed by atoms with van der Waals surface area (Å²) in [6.45, 7) is 0. The number of carbonyl (C=O) groups excluding carboxylic acids is 1. The molecule has 1 saturated carbocycles. The molecular weight excluding hydrogens is 224 g/mol. The maximum Gasteiger partial charge on any atom is 0.239 e. The molecule has 98 valence electrons. The molecule has 1 aliphatic carbocycles. The van der Waals surface area contributed by atoms with Crippen molar-refractivity contribution in [1.29, 1.82) is 0 Å². The molecule has 0 bridgehead atoms. The number of amides is 1. The van der Waals surface area contributed by atoms with E-state index in [9.17, 15) is 4.79 Å². The highest BCUT2D eigenvalue weighted by molar-refractivity contribution is 5.82. The molecule has 0 saturated heterocycles. The zero-order valence-electron chi connectivity index (χ0n) is 11.0. The summed E-state index contributed by atoms with van der Waals surface area (Å²) >= 11 is 0. The highest BCUT2D eigenvalue weighted by Crippen LogP contribution is 2.22. The minimum atomic E-state index is -0.419. The third-order valence-corrected chi connectivity index (χ3v) is 3.84. The lowest BCUT2D eigenvalue weighted by Gasteiger charge is -2.27. The second kappa shape index (κ2) is 6.01. The zero-order chi connectivity index (χ0) is 13.0. The topological polar surface area (TPSA) is 46.3 Å². The standard InChI is InChI=1S/C15H22N2O/c1-17(13-9-5-6-10-13)15(18)14(16)11-12-7-3-2-4-8-12/h2-4,7-8,13-14H,5-6,9-11,16H2,1H3. The van der Waals surface area contributed by atoms with Gasteiger partial charge < -0.3 is 10.6 Å². The van der Waals surface area contributed by atoms with Crippen molar-refractivity contribution in [3.05, 3.63) is 35.9 Å². The monoisotopic (exact) mass is 246 g/mol. The van der Waals surface area contributed by atoms with Crippen molar-refractivity contribution in [1.82, 2.24) is 4.90 Å². The van der Waals surface area contributed by atoms with Gasteiger partial charge in [0.15, 0.2) is 0 Å². The van der Waals surface area contributed by atoms with Crippen molar-refractivity contribution in [3.63, 3.8) is 0 Å². The first-order valence-electron chi connectivity index (χ1n) is 6.74. The van der Waals surface area contributed by atoms with Crippen LogP contribution in [-0.4, -0.2) is 29.9 Å². The highest BCUT2D eigenvalue weighted by Gasteiger charge is 2.26. The summed E-state index contributed by atoms with van der Waals surface area (Å²) in [4.78, 5) is 14.1. The quantitative estimate of drug-likeness (QED) is 0.882. The maximum absolute atomic E-state index is 12.2. The van der Waals surface area contributed by atoms with Crippen LogP contribution in [0.4, 0.5) is 0 Å². The number of rotatable bonds is 4. The lowest BCUT2D eigenvalue weighted by atomic mass is 10.0. The van der Waals surface area contributed by atoms with E-state index in [0.29, 0.717) is 12.5 Å². The van der Waals surface area contributed by atoms with E-state index in [-0.39, 0.29) is 5.91 Å². The second-order valence-corrected chi connectivity index (χ2v) is 5.18. The molecule has 1 fully saturated rings. The number of likely N-dealkylation sites (N-methyl/N-ethyl adjacent to an activating group) is 1. The van der Waals surface area contributed by atoms with Crippen LogP contribution >= 0.6 is 0 Å². The molecule has 3 heteroatoms. The molecule has 1 aliphatic rings. The van der Waals surface area contributed by atoms with Gasteiger partial charge in [-0.1, -0.05) is 43.2 Å². The molecule has 2 rings (SSSR count). The lowest BCUT2D eigenvalue weighted by molar-refractivity contribution is -0.133. The van der Waals surface area contributed by atoms with E-state index in [1.807, 2.05) is 42.3 Å². The molecule has 1 unspecified atom stereocenters. The largest absolute Gasteiger partial charge is 0.341 e. The number of hydrogen-bond donors (Lipinski definition) is 1. The van der Waals surface area contributed by atoms with Gasteiger partial charge in [0.05, 0.1) is 6.04 Å². The van der Waals surface area contributed by atoms with E-state index in [0.717, 1.165) is 18.4 Å². The normalized spacial score (nSPS) is 17.7. The Labute approximate surface area is 109 Å². The molecule has 1 amide bonds. The van der Waals surface area contributed by atoms with Crippen molar-refractivity contribution in [3.8, 4) is 0 Å². The molecule has 0 aliphatic heterocycles. The Morgan fingerprint density at radius 3 is 2.56 bits per heavy atom. The summed E-state index contributed by atoms with van der Waals surface area (Å²) in [5, 5.41) is 0. The average Bonchev–Trinajstić information content (AvgIpc) is 2.92. The minimum Gasteiger partial charge on any atom is -0.341 e. The van der Waals surface area contributed by atoms with Crippen LogP contribution in [0.3, 0.4) is 0 Å². The van der Waals surface area contributed by atoms with E-state index in [1.165, 1.54) is 12.8 Å². The Morgan fingerprint density at radius 1 is 1.33 bits per heavy atom. The lowest BCUT2D eigenvalue weighted by Crippen LogP contribution is -2.46. The summed E-state index contributed by atoms with van der Waals surface area (Å²) in [6, 6.07) is 9.95. The molecule has 0 radical (unpaired) electrons. The summed E-state index contributed by atoms with van der Waals surface area (Å²) < 4.78 is 0. The fourth-order valence-corrected chi connectivity index (χ4v) is 2.69. The minimum absolute atomic E-state index is 0.0748. The fraction of sp³-hybridized carbons (Fsp3) is 0.533. The molecule has 1 aromatic carbocycles. The fourth-order valence-electron chi connectivity index (χ4n) is 2.69. The van der Waals surface area contributed by atoms with E-state index in [4.69, 9.17) is 5.73 Å². The molecule has 1 aromatic rings. The summed E-state index contributed by atoms with van der Waals surface area (Å²) in [5.74, 6) is 0.0748. The number of hydrogen-bond acceptors (Lipinski definition) is 2. The van der Waals surface area contributed by atoms with E-state index in [1.54, 1.807) is 0 Å². The first-order chi connectivity index (χ1) is 8.68. The Balaban J connectivity index is 1.91. The molecule has 0 spiro atoms. The molecular formula is C15H22N2O. The first-order valence-corrected chi connectivity index (χ1v) is 6.74. The Morgan fingerprint density at radius 2 is 1.94 bits per heavy atom. The SMILES string of the molecule is CN(C(=O)C(N)Cc1ccccc1)C1CCCC1. The van der Waals surface area contributed by atoms with Crippen LogP contribution in [0.5, 0.6) is 0 Å². The van der Waals surface area contributed by atoms with Crippen LogP contribution in [0.25, 0.3) is 0 Å². The second-order valence-electron chi connectivity index (χ2n) is 5.18. The van der Waals surface area contributed by atoms with Crippen LogP contribution in [0.1, 0.15) is 31.2 Å². The number of nitrogens with two attached hydrogens (primary N) is 1. The number of benzene rings is 1. The first kappa shape index (κ1) is 13.1. The summed E-state index contributed by atoms with van der Waals surface area (Å²) in [7, 11) is 1.89. The zero-order valence-corrected chi connectivity index (χ0v) is 11.0. The van der Waals surface area contributed by atoms with Crippen molar-refractivity contribution in [2.24, 2.45) is 5.73 Å². The third kappa shape index (κ3) is 3.10. The molecule has 2 N–H and O–H groups in total. The highest BCUT2D eigenvalue weighted by atomic mass is 16.2. The van der Waals surface area contributed by atoms with Crippen molar-refractivity contribution in [2.45, 2.75) is 44.2 Å². The number of carbonyl (C=O) groups is 1. The van der Waals surface area contributed by atoms with Gasteiger partial charge in [0, 0.05) is 13.1 Å². The predicted molar refractivity (Wildman–Crippen MR) is 73.1 cm³/mol. The van der Waals surface area contributed by atoms with Gasteiger partial charge in [-0.25, -0.2) is 0 Å². The van der Waals surface area contributed by atoms with E-state index < -0.39 is 6.04 Å². The van der Waals surface area contributed by atoms with Crippen LogP contribution in [0.2, 0.25) is 0 Å². The third-order valence-electron chi connectivity index (χ3n) is 3.84. The van der Waals surface area contributed by atoms with Gasteiger partial charge in [-0.15, -0.1) is 0 Å². The van der Waals surface area contributed by atoms with Gasteiger partial charge in [-0.05, 0) is 24.8 Å². The molecule has 18 heavy (non-hydrogen) atoms. The van der Waals surface area contributed by atoms with Gasteiger partial charge in [0.1, 0.15) is 0 Å². The van der Waals surface area contributed by atoms with Crippen LogP contribution in [-0.2, 0) is 11.2 Å². The van der Waals surface area contributed by atoms with Crippen LogP contribution in [0, 0.1) is 0 Å². The molecule has 0 aromatic heterocycles. The Bertz CT molecular complexity index is 385. The van der Waals surface area contributed by atoms with E-state index in [2.05, 4.69) is 0 Å². The Hall–Kier alpha value is -1.35. The predicted octanol–water partition coefficient (Wildman–Crippen LogP) is 1.96. The van der Waals surface area contributed by atoms with Gasteiger partial charge in [-0.2, -0.15) is 0 Å². The average molecular weight is 246 g/mol. The smallest absolute Gasteiger partial charge is 0.239 e. The van der Waals surface area contributed by atoms with Gasteiger partial charge in [0.25, 0.3) is 0 Å². The van der Waals surface area contributed by atoms with Gasteiger partial charge >= 0.3 is 0 Å².